The Labute approximate surface area is 123 Å². The van der Waals surface area contributed by atoms with Gasteiger partial charge in [-0.2, -0.15) is 0 Å². The lowest BCUT2D eigenvalue weighted by atomic mass is 10.2. The Balaban J connectivity index is 1.96. The standard InChI is InChI=1S/C15H18ClN3O/c1-11-4-5-12-13(8-11)19(14(9-16)17-12)10-15(20)18-6-2-3-7-18/h4-5,8H,2-3,6-7,9-10H2,1H3. The number of imidazole rings is 1. The van der Waals surface area contributed by atoms with Crippen molar-refractivity contribution in [2.45, 2.75) is 32.2 Å². The topological polar surface area (TPSA) is 38.1 Å². The number of carbonyl (C=O) groups excluding carboxylic acids is 1. The summed E-state index contributed by atoms with van der Waals surface area (Å²) in [6.07, 6.45) is 2.22. The maximum absolute atomic E-state index is 12.3. The lowest BCUT2D eigenvalue weighted by molar-refractivity contribution is -0.130. The molecule has 106 valence electrons. The van der Waals surface area contributed by atoms with E-state index >= 15 is 0 Å². The molecule has 4 nitrogen and oxygen atoms in total. The Kier molecular flexibility index (Phi) is 3.66. The predicted molar refractivity (Wildman–Crippen MR) is 79.8 cm³/mol. The fourth-order valence-electron chi connectivity index (χ4n) is 2.76. The number of nitrogens with zero attached hydrogens (tertiary/aromatic N) is 3. The van der Waals surface area contributed by atoms with Crippen LogP contribution in [0.25, 0.3) is 11.0 Å². The summed E-state index contributed by atoms with van der Waals surface area (Å²) in [4.78, 5) is 18.8. The van der Waals surface area contributed by atoms with E-state index in [1.54, 1.807) is 0 Å². The Hall–Kier alpha value is -1.55. The van der Waals surface area contributed by atoms with Gasteiger partial charge >= 0.3 is 0 Å². The van der Waals surface area contributed by atoms with Crippen LogP contribution >= 0.6 is 11.6 Å². The summed E-state index contributed by atoms with van der Waals surface area (Å²) < 4.78 is 1.95. The Bertz CT molecular complexity index is 644. The minimum atomic E-state index is 0.162. The van der Waals surface area contributed by atoms with Crippen molar-refractivity contribution in [3.8, 4) is 0 Å². The average Bonchev–Trinajstić information content (AvgIpc) is 3.07. The van der Waals surface area contributed by atoms with Crippen molar-refractivity contribution in [1.29, 1.82) is 0 Å². The van der Waals surface area contributed by atoms with Gasteiger partial charge in [0.2, 0.25) is 5.91 Å². The van der Waals surface area contributed by atoms with Crippen LogP contribution in [0.3, 0.4) is 0 Å². The maximum Gasteiger partial charge on any atom is 0.242 e. The zero-order valence-corrected chi connectivity index (χ0v) is 12.4. The quantitative estimate of drug-likeness (QED) is 0.816. The van der Waals surface area contributed by atoms with Crippen molar-refractivity contribution in [2.75, 3.05) is 13.1 Å². The van der Waals surface area contributed by atoms with Crippen LogP contribution in [-0.4, -0.2) is 33.4 Å². The molecule has 3 rings (SSSR count). The van der Waals surface area contributed by atoms with Crippen LogP contribution in [-0.2, 0) is 17.2 Å². The fraction of sp³-hybridized carbons (Fsp3) is 0.467. The number of hydrogen-bond donors (Lipinski definition) is 0. The van der Waals surface area contributed by atoms with Crippen LogP contribution in [0.1, 0.15) is 24.2 Å². The predicted octanol–water partition coefficient (Wildman–Crippen LogP) is 2.71. The molecule has 1 aliphatic rings. The van der Waals surface area contributed by atoms with Crippen molar-refractivity contribution in [1.82, 2.24) is 14.5 Å². The Morgan fingerprint density at radius 1 is 1.35 bits per heavy atom. The van der Waals surface area contributed by atoms with Gasteiger partial charge in [0.25, 0.3) is 0 Å². The van der Waals surface area contributed by atoms with Crippen molar-refractivity contribution in [3.05, 3.63) is 29.6 Å². The summed E-state index contributed by atoms with van der Waals surface area (Å²) in [5, 5.41) is 0. The molecule has 1 fully saturated rings. The second-order valence-corrected chi connectivity index (χ2v) is 5.60. The van der Waals surface area contributed by atoms with Crippen molar-refractivity contribution in [2.24, 2.45) is 0 Å². The van der Waals surface area contributed by atoms with Gasteiger partial charge in [-0.1, -0.05) is 6.07 Å². The minimum Gasteiger partial charge on any atom is -0.341 e. The highest BCUT2D eigenvalue weighted by Crippen LogP contribution is 2.20. The van der Waals surface area contributed by atoms with Gasteiger partial charge in [-0.05, 0) is 37.5 Å². The second kappa shape index (κ2) is 5.44. The highest BCUT2D eigenvalue weighted by Gasteiger charge is 2.20. The van der Waals surface area contributed by atoms with Crippen molar-refractivity contribution in [3.63, 3.8) is 0 Å². The minimum absolute atomic E-state index is 0.162. The third-order valence-corrected chi connectivity index (χ3v) is 4.09. The number of hydrogen-bond acceptors (Lipinski definition) is 2. The molecule has 0 bridgehead atoms. The van der Waals surface area contributed by atoms with Crippen LogP contribution in [0, 0.1) is 6.92 Å². The summed E-state index contributed by atoms with van der Waals surface area (Å²) >= 11 is 5.98. The number of amides is 1. The molecular formula is C15H18ClN3O. The summed E-state index contributed by atoms with van der Waals surface area (Å²) in [7, 11) is 0. The normalized spacial score (nSPS) is 15.2. The molecule has 1 aliphatic heterocycles. The van der Waals surface area contributed by atoms with Gasteiger partial charge in [0.1, 0.15) is 12.4 Å². The summed E-state index contributed by atoms with van der Waals surface area (Å²) in [5.74, 6) is 1.25. The van der Waals surface area contributed by atoms with Gasteiger partial charge in [-0.3, -0.25) is 4.79 Å². The van der Waals surface area contributed by atoms with E-state index in [0.717, 1.165) is 48.4 Å². The smallest absolute Gasteiger partial charge is 0.242 e. The zero-order chi connectivity index (χ0) is 14.1. The number of aryl methyl sites for hydroxylation is 1. The first-order chi connectivity index (χ1) is 9.69. The number of halogens is 1. The highest BCUT2D eigenvalue weighted by atomic mass is 35.5. The third-order valence-electron chi connectivity index (χ3n) is 3.85. The van der Waals surface area contributed by atoms with E-state index in [1.165, 1.54) is 0 Å². The summed E-state index contributed by atoms with van der Waals surface area (Å²) in [6, 6.07) is 6.08. The number of rotatable bonds is 3. The van der Waals surface area contributed by atoms with E-state index in [0.29, 0.717) is 12.4 Å². The molecule has 1 aromatic heterocycles. The molecule has 2 aromatic rings. The van der Waals surface area contributed by atoms with Gasteiger partial charge in [-0.25, -0.2) is 4.98 Å². The van der Waals surface area contributed by atoms with Gasteiger partial charge in [0, 0.05) is 13.1 Å². The van der Waals surface area contributed by atoms with E-state index < -0.39 is 0 Å². The van der Waals surface area contributed by atoms with Crippen LogP contribution in [0.4, 0.5) is 0 Å². The number of alkyl halides is 1. The van der Waals surface area contributed by atoms with Gasteiger partial charge < -0.3 is 9.47 Å². The molecule has 0 radical (unpaired) electrons. The van der Waals surface area contributed by atoms with Crippen LogP contribution < -0.4 is 0 Å². The number of fused-ring (bicyclic) bond motifs is 1. The van der Waals surface area contributed by atoms with E-state index in [9.17, 15) is 4.79 Å². The number of benzene rings is 1. The highest BCUT2D eigenvalue weighted by molar-refractivity contribution is 6.16. The Morgan fingerprint density at radius 2 is 2.10 bits per heavy atom. The van der Waals surface area contributed by atoms with Crippen LogP contribution in [0.5, 0.6) is 0 Å². The maximum atomic E-state index is 12.3. The first-order valence-corrected chi connectivity index (χ1v) is 7.52. The summed E-state index contributed by atoms with van der Waals surface area (Å²) in [5.41, 5.74) is 3.06. The van der Waals surface area contributed by atoms with Gasteiger partial charge in [-0.15, -0.1) is 11.6 Å². The molecular weight excluding hydrogens is 274 g/mol. The Morgan fingerprint density at radius 3 is 2.80 bits per heavy atom. The molecule has 0 spiro atoms. The summed E-state index contributed by atoms with van der Waals surface area (Å²) in [6.45, 7) is 4.13. The molecule has 0 aliphatic carbocycles. The fourth-order valence-corrected chi connectivity index (χ4v) is 2.97. The van der Waals surface area contributed by atoms with Crippen molar-refractivity contribution >= 4 is 28.5 Å². The van der Waals surface area contributed by atoms with E-state index in [1.807, 2.05) is 28.5 Å². The molecule has 0 atom stereocenters. The zero-order valence-electron chi connectivity index (χ0n) is 11.6. The van der Waals surface area contributed by atoms with Gasteiger partial charge in [0.05, 0.1) is 16.9 Å². The molecule has 0 unspecified atom stereocenters. The average molecular weight is 292 g/mol. The van der Waals surface area contributed by atoms with E-state index in [-0.39, 0.29) is 5.91 Å². The molecule has 0 saturated carbocycles. The largest absolute Gasteiger partial charge is 0.341 e. The van der Waals surface area contributed by atoms with Gasteiger partial charge in [0.15, 0.2) is 0 Å². The molecule has 20 heavy (non-hydrogen) atoms. The molecule has 0 N–H and O–H groups in total. The van der Waals surface area contributed by atoms with E-state index in [2.05, 4.69) is 11.1 Å². The first-order valence-electron chi connectivity index (χ1n) is 6.98. The first kappa shape index (κ1) is 13.4. The lowest BCUT2D eigenvalue weighted by Crippen LogP contribution is -2.31. The van der Waals surface area contributed by atoms with Crippen LogP contribution in [0.2, 0.25) is 0 Å². The number of likely N-dealkylation sites (tertiary alicyclic amines) is 1. The number of carbonyl (C=O) groups is 1. The third kappa shape index (κ3) is 2.40. The number of aromatic nitrogens is 2. The molecule has 1 amide bonds. The monoisotopic (exact) mass is 291 g/mol. The molecule has 1 saturated heterocycles. The second-order valence-electron chi connectivity index (χ2n) is 5.33. The molecule has 5 heteroatoms. The lowest BCUT2D eigenvalue weighted by Gasteiger charge is -2.16. The van der Waals surface area contributed by atoms with Crippen LogP contribution in [0.15, 0.2) is 18.2 Å². The van der Waals surface area contributed by atoms with Crippen molar-refractivity contribution < 1.29 is 4.79 Å². The van der Waals surface area contributed by atoms with E-state index in [4.69, 9.17) is 11.6 Å². The molecule has 1 aromatic carbocycles. The molecule has 2 heterocycles. The SMILES string of the molecule is Cc1ccc2nc(CCl)n(CC(=O)N3CCCC3)c2c1.